The van der Waals surface area contributed by atoms with Crippen molar-refractivity contribution in [2.24, 2.45) is 0 Å². The maximum Gasteiger partial charge on any atom is 0.225 e. The predicted octanol–water partition coefficient (Wildman–Crippen LogP) is 3.23. The van der Waals surface area contributed by atoms with Gasteiger partial charge in [0.15, 0.2) is 0 Å². The van der Waals surface area contributed by atoms with Crippen LogP contribution in [0.1, 0.15) is 32.6 Å². The summed E-state index contributed by atoms with van der Waals surface area (Å²) >= 11 is 3.34. The topological polar surface area (TPSA) is 66.5 Å². The van der Waals surface area contributed by atoms with Crippen molar-refractivity contribution < 1.29 is 13.2 Å². The number of rotatable bonds is 9. The summed E-state index contributed by atoms with van der Waals surface area (Å²) in [4.78, 5) is 11.9. The second kappa shape index (κ2) is 9.27. The molecule has 0 aliphatic rings. The van der Waals surface area contributed by atoms with E-state index in [0.717, 1.165) is 23.7 Å². The highest BCUT2D eigenvalue weighted by Crippen LogP contribution is 2.16. The maximum atomic E-state index is 11.9. The summed E-state index contributed by atoms with van der Waals surface area (Å²) in [6.07, 6.45) is 4.16. The number of anilines is 1. The first-order valence-corrected chi connectivity index (χ1v) is 9.97. The van der Waals surface area contributed by atoms with E-state index in [1.807, 2.05) is 12.1 Å². The fraction of sp³-hybridized carbons (Fsp3) is 0.533. The van der Waals surface area contributed by atoms with Gasteiger partial charge in [0.25, 0.3) is 0 Å². The van der Waals surface area contributed by atoms with Crippen LogP contribution in [-0.2, 0) is 14.8 Å². The molecule has 0 saturated heterocycles. The number of hydrogen-bond acceptors (Lipinski definition) is 3. The zero-order valence-electron chi connectivity index (χ0n) is 13.0. The van der Waals surface area contributed by atoms with Gasteiger partial charge in [-0.15, -0.1) is 0 Å². The Kier molecular flexibility index (Phi) is 8.06. The van der Waals surface area contributed by atoms with Crippen molar-refractivity contribution in [3.05, 3.63) is 28.7 Å². The zero-order valence-corrected chi connectivity index (χ0v) is 15.4. The first-order chi connectivity index (χ1) is 10.3. The van der Waals surface area contributed by atoms with E-state index in [1.54, 1.807) is 12.1 Å². The molecular weight excluding hydrogens is 368 g/mol. The molecule has 0 aliphatic carbocycles. The fourth-order valence-corrected chi connectivity index (χ4v) is 3.28. The minimum atomic E-state index is -3.27. The number of sulfonamides is 1. The van der Waals surface area contributed by atoms with Gasteiger partial charge in [-0.25, -0.2) is 12.7 Å². The number of hydrogen-bond donors (Lipinski definition) is 1. The van der Waals surface area contributed by atoms with Crippen molar-refractivity contribution in [2.75, 3.05) is 24.7 Å². The van der Waals surface area contributed by atoms with E-state index in [1.165, 1.54) is 10.6 Å². The van der Waals surface area contributed by atoms with Crippen LogP contribution in [-0.4, -0.2) is 38.0 Å². The summed E-state index contributed by atoms with van der Waals surface area (Å²) in [5.41, 5.74) is 0.691. The van der Waals surface area contributed by atoms with Crippen molar-refractivity contribution in [3.8, 4) is 0 Å². The molecule has 0 unspecified atom stereocenters. The van der Waals surface area contributed by atoms with E-state index < -0.39 is 10.0 Å². The molecule has 0 spiro atoms. The second-order valence-electron chi connectivity index (χ2n) is 5.18. The quantitative estimate of drug-likeness (QED) is 0.658. The predicted molar refractivity (Wildman–Crippen MR) is 93.3 cm³/mol. The smallest absolute Gasteiger partial charge is 0.225 e. The lowest BCUT2D eigenvalue weighted by atomic mass is 10.2. The van der Waals surface area contributed by atoms with Crippen LogP contribution >= 0.6 is 15.9 Å². The molecule has 7 heteroatoms. The molecule has 0 fully saturated rings. The fourth-order valence-electron chi connectivity index (χ4n) is 2.00. The first-order valence-electron chi connectivity index (χ1n) is 7.33. The second-order valence-corrected chi connectivity index (χ2v) is 8.08. The van der Waals surface area contributed by atoms with Crippen LogP contribution in [0, 0.1) is 0 Å². The number of amides is 1. The number of unbranched alkanes of at least 4 members (excludes halogenated alkanes) is 2. The van der Waals surface area contributed by atoms with Crippen molar-refractivity contribution in [1.82, 2.24) is 4.31 Å². The lowest BCUT2D eigenvalue weighted by Crippen LogP contribution is -2.33. The van der Waals surface area contributed by atoms with Crippen LogP contribution in [0.5, 0.6) is 0 Å². The molecule has 1 aromatic carbocycles. The van der Waals surface area contributed by atoms with Crippen LogP contribution in [0.25, 0.3) is 0 Å². The van der Waals surface area contributed by atoms with E-state index in [4.69, 9.17) is 0 Å². The number of halogens is 1. The van der Waals surface area contributed by atoms with Gasteiger partial charge in [-0.05, 0) is 24.6 Å². The molecule has 0 radical (unpaired) electrons. The lowest BCUT2D eigenvalue weighted by Gasteiger charge is -2.19. The van der Waals surface area contributed by atoms with Crippen molar-refractivity contribution in [3.63, 3.8) is 0 Å². The van der Waals surface area contributed by atoms with E-state index in [9.17, 15) is 13.2 Å². The summed E-state index contributed by atoms with van der Waals surface area (Å²) in [6.45, 7) is 2.75. The number of nitrogens with zero attached hydrogens (tertiary/aromatic N) is 1. The van der Waals surface area contributed by atoms with Crippen molar-refractivity contribution in [1.29, 1.82) is 0 Å². The lowest BCUT2D eigenvalue weighted by molar-refractivity contribution is -0.116. The Morgan fingerprint density at radius 2 is 2.00 bits per heavy atom. The Labute approximate surface area is 141 Å². The van der Waals surface area contributed by atoms with Gasteiger partial charge in [0, 0.05) is 29.7 Å². The van der Waals surface area contributed by atoms with Gasteiger partial charge in [-0.3, -0.25) is 4.79 Å². The zero-order chi connectivity index (χ0) is 16.6. The monoisotopic (exact) mass is 390 g/mol. The molecule has 0 aromatic heterocycles. The van der Waals surface area contributed by atoms with Gasteiger partial charge in [0.05, 0.1) is 6.26 Å². The number of nitrogens with one attached hydrogen (secondary N) is 1. The molecule has 1 rings (SSSR count). The van der Waals surface area contributed by atoms with Crippen LogP contribution in [0.3, 0.4) is 0 Å². The molecule has 0 atom stereocenters. The molecule has 0 bridgehead atoms. The normalized spacial score (nSPS) is 11.6. The molecule has 0 saturated carbocycles. The molecule has 0 heterocycles. The Morgan fingerprint density at radius 1 is 1.27 bits per heavy atom. The van der Waals surface area contributed by atoms with Crippen molar-refractivity contribution in [2.45, 2.75) is 32.6 Å². The summed E-state index contributed by atoms with van der Waals surface area (Å²) in [5, 5.41) is 2.77. The highest BCUT2D eigenvalue weighted by Gasteiger charge is 2.17. The minimum Gasteiger partial charge on any atom is -0.326 e. The highest BCUT2D eigenvalue weighted by atomic mass is 79.9. The van der Waals surface area contributed by atoms with Crippen molar-refractivity contribution >= 4 is 37.5 Å². The minimum absolute atomic E-state index is 0.145. The average Bonchev–Trinajstić information content (AvgIpc) is 2.41. The van der Waals surface area contributed by atoms with Crippen LogP contribution < -0.4 is 5.32 Å². The maximum absolute atomic E-state index is 11.9. The van der Waals surface area contributed by atoms with E-state index in [0.29, 0.717) is 12.2 Å². The molecule has 1 N–H and O–H groups in total. The molecule has 0 aliphatic heterocycles. The van der Waals surface area contributed by atoms with Gasteiger partial charge in [-0.2, -0.15) is 0 Å². The number of benzene rings is 1. The summed E-state index contributed by atoms with van der Waals surface area (Å²) in [6, 6.07) is 7.29. The summed E-state index contributed by atoms with van der Waals surface area (Å²) in [7, 11) is -3.27. The van der Waals surface area contributed by atoms with Gasteiger partial charge < -0.3 is 5.32 Å². The van der Waals surface area contributed by atoms with Crippen LogP contribution in [0.4, 0.5) is 5.69 Å². The SMILES string of the molecule is CCCCCN(CCC(=O)Nc1cccc(Br)c1)S(C)(=O)=O. The van der Waals surface area contributed by atoms with Crippen LogP contribution in [0.2, 0.25) is 0 Å². The number of carbonyl (C=O) groups excluding carboxylic acids is 1. The molecule has 1 aromatic rings. The molecule has 5 nitrogen and oxygen atoms in total. The highest BCUT2D eigenvalue weighted by molar-refractivity contribution is 9.10. The Balaban J connectivity index is 2.51. The van der Waals surface area contributed by atoms with E-state index in [2.05, 4.69) is 28.2 Å². The molecule has 1 amide bonds. The number of carbonyl (C=O) groups is 1. The first kappa shape index (κ1) is 19.1. The average molecular weight is 391 g/mol. The summed E-state index contributed by atoms with van der Waals surface area (Å²) < 4.78 is 25.7. The largest absolute Gasteiger partial charge is 0.326 e. The third kappa shape index (κ3) is 7.38. The summed E-state index contributed by atoms with van der Waals surface area (Å²) in [5.74, 6) is -0.192. The molecular formula is C15H23BrN2O3S. The Bertz CT molecular complexity index is 590. The van der Waals surface area contributed by atoms with Gasteiger partial charge in [0.1, 0.15) is 0 Å². The van der Waals surface area contributed by atoms with E-state index in [-0.39, 0.29) is 18.9 Å². The molecule has 124 valence electrons. The van der Waals surface area contributed by atoms with Gasteiger partial charge in [0.2, 0.25) is 15.9 Å². The Morgan fingerprint density at radius 3 is 2.59 bits per heavy atom. The molecule has 22 heavy (non-hydrogen) atoms. The van der Waals surface area contributed by atoms with Crippen LogP contribution in [0.15, 0.2) is 28.7 Å². The van der Waals surface area contributed by atoms with Gasteiger partial charge >= 0.3 is 0 Å². The van der Waals surface area contributed by atoms with E-state index >= 15 is 0 Å². The Hall–Kier alpha value is -0.920. The van der Waals surface area contributed by atoms with Gasteiger partial charge in [-0.1, -0.05) is 41.8 Å². The standard InChI is InChI=1S/C15H23BrN2O3S/c1-3-4-5-10-18(22(2,20)21)11-9-15(19)17-14-8-6-7-13(16)12-14/h6-8,12H,3-5,9-11H2,1-2H3,(H,17,19). The third-order valence-corrected chi connectivity index (χ3v) is 4.97. The third-order valence-electron chi connectivity index (χ3n) is 3.18.